The van der Waals surface area contributed by atoms with Crippen molar-refractivity contribution in [3.05, 3.63) is 19.2 Å². The van der Waals surface area contributed by atoms with Gasteiger partial charge in [-0.1, -0.05) is 0 Å². The van der Waals surface area contributed by atoms with Gasteiger partial charge in [0, 0.05) is 9.85 Å². The van der Waals surface area contributed by atoms with Gasteiger partial charge in [-0.15, -0.1) is 11.3 Å². The van der Waals surface area contributed by atoms with Crippen LogP contribution >= 0.6 is 43.2 Å². The molecule has 0 aliphatic rings. The van der Waals surface area contributed by atoms with Gasteiger partial charge < -0.3 is 0 Å². The predicted molar refractivity (Wildman–Crippen MR) is 44.4 cm³/mol. The van der Waals surface area contributed by atoms with Crippen molar-refractivity contribution in [2.24, 2.45) is 0 Å². The van der Waals surface area contributed by atoms with Gasteiger partial charge in [0.1, 0.15) is 6.07 Å². The molecule has 1 rings (SSSR count). The number of rotatable bonds is 0. The van der Waals surface area contributed by atoms with E-state index < -0.39 is 0 Å². The van der Waals surface area contributed by atoms with E-state index in [9.17, 15) is 0 Å². The minimum Gasteiger partial charge on any atom is -0.192 e. The van der Waals surface area contributed by atoms with Gasteiger partial charge in [-0.3, -0.25) is 0 Å². The third-order valence-electron chi connectivity index (χ3n) is 0.813. The SMILES string of the molecule is N#Cc1c(Br)csc1Br. The minimum absolute atomic E-state index is 0.681. The standard InChI is InChI=1S/C5HBr2NS/c6-4-2-9-5(7)3(4)1-8/h2H. The summed E-state index contributed by atoms with van der Waals surface area (Å²) in [7, 11) is 0. The summed E-state index contributed by atoms with van der Waals surface area (Å²) < 4.78 is 1.75. The van der Waals surface area contributed by atoms with Crippen LogP contribution < -0.4 is 0 Å². The summed E-state index contributed by atoms with van der Waals surface area (Å²) in [6, 6.07) is 2.06. The molecule has 0 unspecified atom stereocenters. The van der Waals surface area contributed by atoms with Crippen LogP contribution in [0.3, 0.4) is 0 Å². The molecule has 0 N–H and O–H groups in total. The maximum Gasteiger partial charge on any atom is 0.102 e. The lowest BCUT2D eigenvalue weighted by atomic mass is 10.4. The van der Waals surface area contributed by atoms with E-state index in [4.69, 9.17) is 5.26 Å². The predicted octanol–water partition coefficient (Wildman–Crippen LogP) is 3.14. The molecule has 4 heteroatoms. The van der Waals surface area contributed by atoms with Crippen molar-refractivity contribution in [3.8, 4) is 6.07 Å². The van der Waals surface area contributed by atoms with Crippen molar-refractivity contribution in [1.29, 1.82) is 5.26 Å². The van der Waals surface area contributed by atoms with E-state index >= 15 is 0 Å². The number of nitriles is 1. The third kappa shape index (κ3) is 1.34. The lowest BCUT2D eigenvalue weighted by Gasteiger charge is -1.79. The second-order valence-electron chi connectivity index (χ2n) is 1.34. The quantitative estimate of drug-likeness (QED) is 0.708. The Kier molecular flexibility index (Phi) is 2.28. The highest BCUT2D eigenvalue weighted by molar-refractivity contribution is 9.11. The summed E-state index contributed by atoms with van der Waals surface area (Å²) in [6.07, 6.45) is 0. The highest BCUT2D eigenvalue weighted by Gasteiger charge is 2.04. The molecule has 0 aromatic carbocycles. The topological polar surface area (TPSA) is 23.8 Å². The Labute approximate surface area is 73.6 Å². The Morgan fingerprint density at radius 3 is 2.44 bits per heavy atom. The molecule has 1 heterocycles. The maximum absolute atomic E-state index is 8.48. The smallest absolute Gasteiger partial charge is 0.102 e. The molecule has 0 aliphatic carbocycles. The van der Waals surface area contributed by atoms with Crippen LogP contribution in [-0.2, 0) is 0 Å². The molecule has 9 heavy (non-hydrogen) atoms. The van der Waals surface area contributed by atoms with Gasteiger partial charge in [0.2, 0.25) is 0 Å². The van der Waals surface area contributed by atoms with Crippen LogP contribution in [0.5, 0.6) is 0 Å². The van der Waals surface area contributed by atoms with Crippen LogP contribution in [-0.4, -0.2) is 0 Å². The average molecular weight is 267 g/mol. The number of hydrogen-bond donors (Lipinski definition) is 0. The first kappa shape index (κ1) is 7.26. The molecule has 0 fully saturated rings. The van der Waals surface area contributed by atoms with Crippen LogP contribution in [0.1, 0.15) is 5.56 Å². The van der Waals surface area contributed by atoms with Gasteiger partial charge in [-0.25, -0.2) is 0 Å². The van der Waals surface area contributed by atoms with Gasteiger partial charge >= 0.3 is 0 Å². The molecule has 1 nitrogen and oxygen atoms in total. The average Bonchev–Trinajstić information content (AvgIpc) is 2.12. The molecule has 46 valence electrons. The number of thiophene rings is 1. The summed E-state index contributed by atoms with van der Waals surface area (Å²) in [4.78, 5) is 0. The maximum atomic E-state index is 8.48. The summed E-state index contributed by atoms with van der Waals surface area (Å²) in [5, 5.41) is 10.4. The van der Waals surface area contributed by atoms with Crippen LogP contribution in [0.15, 0.2) is 13.6 Å². The molecule has 0 spiro atoms. The van der Waals surface area contributed by atoms with E-state index in [1.165, 1.54) is 11.3 Å². The third-order valence-corrected chi connectivity index (χ3v) is 3.46. The fraction of sp³-hybridized carbons (Fsp3) is 0. The first-order valence-electron chi connectivity index (χ1n) is 2.08. The zero-order valence-electron chi connectivity index (χ0n) is 4.19. The molecule has 0 atom stereocenters. The van der Waals surface area contributed by atoms with Crippen molar-refractivity contribution in [2.75, 3.05) is 0 Å². The molecular formula is C5HBr2NS. The van der Waals surface area contributed by atoms with E-state index in [2.05, 4.69) is 37.9 Å². The highest BCUT2D eigenvalue weighted by atomic mass is 79.9. The minimum atomic E-state index is 0.681. The molecule has 0 amide bonds. The highest BCUT2D eigenvalue weighted by Crippen LogP contribution is 2.30. The lowest BCUT2D eigenvalue weighted by Crippen LogP contribution is -1.65. The van der Waals surface area contributed by atoms with E-state index in [1.807, 2.05) is 5.38 Å². The Morgan fingerprint density at radius 1 is 1.56 bits per heavy atom. The monoisotopic (exact) mass is 265 g/mol. The summed E-state index contributed by atoms with van der Waals surface area (Å²) in [5.41, 5.74) is 0.681. The van der Waals surface area contributed by atoms with Gasteiger partial charge in [0.05, 0.1) is 9.35 Å². The fourth-order valence-electron chi connectivity index (χ4n) is 0.413. The van der Waals surface area contributed by atoms with Crippen molar-refractivity contribution >= 4 is 43.2 Å². The Morgan fingerprint density at radius 2 is 2.22 bits per heavy atom. The number of nitrogens with zero attached hydrogens (tertiary/aromatic N) is 1. The van der Waals surface area contributed by atoms with Crippen LogP contribution in [0.4, 0.5) is 0 Å². The Balaban J connectivity index is 3.27. The number of halogens is 2. The van der Waals surface area contributed by atoms with Crippen molar-refractivity contribution in [1.82, 2.24) is 0 Å². The largest absolute Gasteiger partial charge is 0.192 e. The molecule has 1 aromatic rings. The molecule has 0 bridgehead atoms. The van der Waals surface area contributed by atoms with E-state index in [1.54, 1.807) is 0 Å². The summed E-state index contributed by atoms with van der Waals surface area (Å²) in [5.74, 6) is 0. The zero-order valence-corrected chi connectivity index (χ0v) is 8.18. The van der Waals surface area contributed by atoms with Gasteiger partial charge in [0.15, 0.2) is 0 Å². The fourth-order valence-corrected chi connectivity index (χ4v) is 2.56. The molecule has 1 aromatic heterocycles. The number of hydrogen-bond acceptors (Lipinski definition) is 2. The van der Waals surface area contributed by atoms with Crippen molar-refractivity contribution in [2.45, 2.75) is 0 Å². The Bertz CT molecular complexity index is 241. The summed E-state index contributed by atoms with van der Waals surface area (Å²) in [6.45, 7) is 0. The molecule has 0 saturated heterocycles. The molecule has 0 aliphatic heterocycles. The van der Waals surface area contributed by atoms with Crippen molar-refractivity contribution < 1.29 is 0 Å². The van der Waals surface area contributed by atoms with Crippen LogP contribution in [0.2, 0.25) is 0 Å². The van der Waals surface area contributed by atoms with Crippen LogP contribution in [0.25, 0.3) is 0 Å². The molecule has 0 saturated carbocycles. The second kappa shape index (κ2) is 2.82. The Hall–Kier alpha value is 0.150. The molecule has 0 radical (unpaired) electrons. The van der Waals surface area contributed by atoms with Gasteiger partial charge in [-0.05, 0) is 31.9 Å². The molecular weight excluding hydrogens is 266 g/mol. The van der Waals surface area contributed by atoms with E-state index in [-0.39, 0.29) is 0 Å². The van der Waals surface area contributed by atoms with Gasteiger partial charge in [-0.2, -0.15) is 5.26 Å². The van der Waals surface area contributed by atoms with E-state index in [0.717, 1.165) is 8.26 Å². The first-order valence-corrected chi connectivity index (χ1v) is 4.55. The normalized spacial score (nSPS) is 9.00. The van der Waals surface area contributed by atoms with Crippen molar-refractivity contribution in [3.63, 3.8) is 0 Å². The second-order valence-corrected chi connectivity index (χ2v) is 4.40. The first-order chi connectivity index (χ1) is 4.25. The summed E-state index contributed by atoms with van der Waals surface area (Å²) >= 11 is 7.98. The lowest BCUT2D eigenvalue weighted by molar-refractivity contribution is 1.49. The van der Waals surface area contributed by atoms with E-state index in [0.29, 0.717) is 5.56 Å². The van der Waals surface area contributed by atoms with Gasteiger partial charge in [0.25, 0.3) is 0 Å². The van der Waals surface area contributed by atoms with Crippen LogP contribution in [0, 0.1) is 11.3 Å². The zero-order chi connectivity index (χ0) is 6.85.